The molecule has 33 heavy (non-hydrogen) atoms. The van der Waals surface area contributed by atoms with Crippen LogP contribution < -0.4 is 21.1 Å². The first kappa shape index (κ1) is 20.8. The van der Waals surface area contributed by atoms with Crippen LogP contribution in [0.5, 0.6) is 11.5 Å². The molecule has 6 nitrogen and oxygen atoms in total. The number of hydrogen-bond acceptors (Lipinski definition) is 5. The molecular formula is C26H22N4O2S. The number of urea groups is 1. The van der Waals surface area contributed by atoms with E-state index in [4.69, 9.17) is 15.5 Å². The second-order valence-corrected chi connectivity index (χ2v) is 8.57. The summed E-state index contributed by atoms with van der Waals surface area (Å²) in [6.45, 7) is 1.90. The second-order valence-electron chi connectivity index (χ2n) is 7.71. The molecular weight excluding hydrogens is 432 g/mol. The molecule has 5 rings (SSSR count). The molecule has 1 aliphatic heterocycles. The normalized spacial score (nSPS) is 15.7. The predicted molar refractivity (Wildman–Crippen MR) is 132 cm³/mol. The van der Waals surface area contributed by atoms with E-state index < -0.39 is 0 Å². The molecule has 0 saturated heterocycles. The first-order chi connectivity index (χ1) is 16.1. The molecule has 2 amide bonds. The van der Waals surface area contributed by atoms with Crippen LogP contribution in [0, 0.1) is 0 Å². The number of nitrogens with two attached hydrogens (primary N) is 1. The highest BCUT2D eigenvalue weighted by molar-refractivity contribution is 7.11. The number of carbonyl (C=O) groups excluding carboxylic acids is 1. The highest BCUT2D eigenvalue weighted by Gasteiger charge is 2.29. The van der Waals surface area contributed by atoms with Crippen LogP contribution in [0.15, 0.2) is 89.9 Å². The Morgan fingerprint density at radius 3 is 2.36 bits per heavy atom. The summed E-state index contributed by atoms with van der Waals surface area (Å²) < 4.78 is 5.90. The number of allylic oxidation sites excluding steroid dienone is 1. The number of aromatic nitrogens is 1. The summed E-state index contributed by atoms with van der Waals surface area (Å²) in [7, 11) is 0. The van der Waals surface area contributed by atoms with Crippen LogP contribution in [0.1, 0.15) is 23.5 Å². The Labute approximate surface area is 195 Å². The molecule has 0 fully saturated rings. The summed E-state index contributed by atoms with van der Waals surface area (Å²) in [6.07, 6.45) is 0. The van der Waals surface area contributed by atoms with Crippen molar-refractivity contribution in [2.75, 3.05) is 5.73 Å². The summed E-state index contributed by atoms with van der Waals surface area (Å²) in [4.78, 5) is 17.2. The van der Waals surface area contributed by atoms with Gasteiger partial charge in [-0.3, -0.25) is 0 Å². The molecule has 1 aromatic heterocycles. The van der Waals surface area contributed by atoms with E-state index in [0.717, 1.165) is 44.6 Å². The lowest BCUT2D eigenvalue weighted by molar-refractivity contribution is 0.240. The van der Waals surface area contributed by atoms with Gasteiger partial charge in [0.1, 0.15) is 16.5 Å². The van der Waals surface area contributed by atoms with E-state index in [1.807, 2.05) is 91.2 Å². The van der Waals surface area contributed by atoms with Crippen LogP contribution in [0.25, 0.3) is 16.8 Å². The van der Waals surface area contributed by atoms with Crippen molar-refractivity contribution in [3.05, 3.63) is 101 Å². The van der Waals surface area contributed by atoms with Crippen LogP contribution >= 0.6 is 11.3 Å². The maximum absolute atomic E-state index is 12.3. The first-order valence-corrected chi connectivity index (χ1v) is 11.4. The van der Waals surface area contributed by atoms with Gasteiger partial charge >= 0.3 is 6.03 Å². The van der Waals surface area contributed by atoms with Gasteiger partial charge in [-0.05, 0) is 48.9 Å². The number of thiazole rings is 1. The second kappa shape index (κ2) is 8.80. The summed E-state index contributed by atoms with van der Waals surface area (Å²) >= 11 is 1.55. The van der Waals surface area contributed by atoms with E-state index in [1.165, 1.54) is 0 Å². The van der Waals surface area contributed by atoms with E-state index >= 15 is 0 Å². The van der Waals surface area contributed by atoms with E-state index in [9.17, 15) is 4.79 Å². The third kappa shape index (κ3) is 4.44. The molecule has 1 atom stereocenters. The number of anilines is 1. The van der Waals surface area contributed by atoms with Gasteiger partial charge < -0.3 is 21.1 Å². The summed E-state index contributed by atoms with van der Waals surface area (Å²) in [5, 5.41) is 8.79. The molecule has 0 aliphatic carbocycles. The molecule has 0 bridgehead atoms. The molecule has 7 heteroatoms. The lowest BCUT2D eigenvalue weighted by atomic mass is 9.96. The lowest BCUT2D eigenvalue weighted by Gasteiger charge is -2.28. The Hall–Kier alpha value is -4.10. The number of nitrogens with zero attached hydrogens (tertiary/aromatic N) is 1. The Morgan fingerprint density at radius 2 is 1.64 bits per heavy atom. The third-order valence-corrected chi connectivity index (χ3v) is 6.28. The average molecular weight is 455 g/mol. The van der Waals surface area contributed by atoms with Gasteiger partial charge in [0.2, 0.25) is 0 Å². The zero-order chi connectivity index (χ0) is 22.8. The van der Waals surface area contributed by atoms with E-state index in [1.54, 1.807) is 11.3 Å². The largest absolute Gasteiger partial charge is 0.457 e. The zero-order valence-corrected chi connectivity index (χ0v) is 18.7. The quantitative estimate of drug-likeness (QED) is 0.324. The van der Waals surface area contributed by atoms with Gasteiger partial charge in [0, 0.05) is 27.9 Å². The Morgan fingerprint density at radius 1 is 0.939 bits per heavy atom. The maximum Gasteiger partial charge on any atom is 0.319 e. The minimum absolute atomic E-state index is 0.235. The number of benzene rings is 3. The molecule has 4 N–H and O–H groups in total. The smallest absolute Gasteiger partial charge is 0.319 e. The topological polar surface area (TPSA) is 89.3 Å². The molecule has 164 valence electrons. The van der Waals surface area contributed by atoms with Crippen molar-refractivity contribution < 1.29 is 9.53 Å². The monoisotopic (exact) mass is 454 g/mol. The van der Waals surface area contributed by atoms with Crippen LogP contribution in [0.2, 0.25) is 0 Å². The number of para-hydroxylation sites is 1. The number of nitrogens with one attached hydrogen (secondary N) is 2. The SMILES string of the molecule is CC1=C(c2nc(-c3ccc(N)cc3)cs2)C(c2ccc(Oc3ccccc3)cc2)NC(=O)N1. The number of hydrogen-bond donors (Lipinski definition) is 3. The van der Waals surface area contributed by atoms with Gasteiger partial charge in [-0.2, -0.15) is 0 Å². The van der Waals surface area contributed by atoms with Crippen molar-refractivity contribution in [2.24, 2.45) is 0 Å². The number of amides is 2. The van der Waals surface area contributed by atoms with Gasteiger partial charge in [-0.1, -0.05) is 42.5 Å². The van der Waals surface area contributed by atoms with Gasteiger partial charge in [0.05, 0.1) is 11.7 Å². The van der Waals surface area contributed by atoms with Gasteiger partial charge in [-0.15, -0.1) is 11.3 Å². The number of carbonyl (C=O) groups is 1. The van der Waals surface area contributed by atoms with Gasteiger partial charge in [0.25, 0.3) is 0 Å². The van der Waals surface area contributed by atoms with Crippen molar-refractivity contribution in [3.63, 3.8) is 0 Å². The molecule has 0 radical (unpaired) electrons. The molecule has 1 unspecified atom stereocenters. The third-order valence-electron chi connectivity index (χ3n) is 5.40. The van der Waals surface area contributed by atoms with Crippen molar-refractivity contribution in [1.82, 2.24) is 15.6 Å². The van der Waals surface area contributed by atoms with Crippen molar-refractivity contribution >= 4 is 28.6 Å². The molecule has 3 aromatic carbocycles. The highest BCUT2D eigenvalue weighted by atomic mass is 32.1. The molecule has 1 aliphatic rings. The fourth-order valence-corrected chi connectivity index (χ4v) is 4.73. The Balaban J connectivity index is 1.45. The lowest BCUT2D eigenvalue weighted by Crippen LogP contribution is -2.42. The molecule has 0 spiro atoms. The number of nitrogen functional groups attached to an aromatic ring is 1. The fourth-order valence-electron chi connectivity index (χ4n) is 3.76. The number of rotatable bonds is 5. The van der Waals surface area contributed by atoms with Gasteiger partial charge in [-0.25, -0.2) is 9.78 Å². The van der Waals surface area contributed by atoms with Crippen LogP contribution in [-0.2, 0) is 0 Å². The molecule has 0 saturated carbocycles. The van der Waals surface area contributed by atoms with Crippen molar-refractivity contribution in [1.29, 1.82) is 0 Å². The van der Waals surface area contributed by atoms with Crippen molar-refractivity contribution in [3.8, 4) is 22.8 Å². The predicted octanol–water partition coefficient (Wildman–Crippen LogP) is 5.97. The molecule has 4 aromatic rings. The number of ether oxygens (including phenoxy) is 1. The van der Waals surface area contributed by atoms with Crippen LogP contribution in [0.4, 0.5) is 10.5 Å². The fraction of sp³-hybridized carbons (Fsp3) is 0.0769. The van der Waals surface area contributed by atoms with Crippen molar-refractivity contribution in [2.45, 2.75) is 13.0 Å². The minimum atomic E-state index is -0.324. The van der Waals surface area contributed by atoms with Crippen LogP contribution in [0.3, 0.4) is 0 Å². The van der Waals surface area contributed by atoms with Crippen LogP contribution in [-0.4, -0.2) is 11.0 Å². The van der Waals surface area contributed by atoms with Gasteiger partial charge in [0.15, 0.2) is 0 Å². The summed E-state index contributed by atoms with van der Waals surface area (Å²) in [5.74, 6) is 1.50. The average Bonchev–Trinajstić information content (AvgIpc) is 3.30. The van der Waals surface area contributed by atoms with E-state index in [0.29, 0.717) is 5.69 Å². The minimum Gasteiger partial charge on any atom is -0.457 e. The first-order valence-electron chi connectivity index (χ1n) is 10.5. The highest BCUT2D eigenvalue weighted by Crippen LogP contribution is 2.38. The zero-order valence-electron chi connectivity index (χ0n) is 17.9. The Bertz CT molecular complexity index is 1310. The van der Waals surface area contributed by atoms with E-state index in [2.05, 4.69) is 10.6 Å². The standard InChI is InChI=1S/C26H22N4O2S/c1-16-23(25-29-22(15-33-25)17-7-11-19(27)12-8-17)24(30-26(31)28-16)18-9-13-21(14-10-18)32-20-5-3-2-4-6-20/h2-15,24H,27H2,1H3,(H2,28,30,31). The maximum atomic E-state index is 12.3. The summed E-state index contributed by atoms with van der Waals surface area (Å²) in [6, 6.07) is 24.5. The van der Waals surface area contributed by atoms with E-state index in [-0.39, 0.29) is 12.1 Å². The molecule has 2 heterocycles. The summed E-state index contributed by atoms with van der Waals surface area (Å²) in [5.41, 5.74) is 11.1. The Kier molecular flexibility index (Phi) is 5.54.